The van der Waals surface area contributed by atoms with E-state index < -0.39 is 23.4 Å². The van der Waals surface area contributed by atoms with Crippen molar-refractivity contribution in [2.75, 3.05) is 12.1 Å². The number of imide groups is 1. The first-order valence-corrected chi connectivity index (χ1v) is 13.9. The van der Waals surface area contributed by atoms with Crippen molar-refractivity contribution in [3.05, 3.63) is 88.1 Å². The van der Waals surface area contributed by atoms with E-state index in [1.165, 1.54) is 4.90 Å². The number of ether oxygens (including phenoxy) is 2. The molecule has 41 heavy (non-hydrogen) atoms. The molecule has 2 unspecified atom stereocenters. The molecular formula is C31H25ClN4O5. The maximum absolute atomic E-state index is 14.3. The van der Waals surface area contributed by atoms with Crippen molar-refractivity contribution in [1.82, 2.24) is 15.2 Å². The van der Waals surface area contributed by atoms with Crippen LogP contribution in [0.25, 0.3) is 10.9 Å². The van der Waals surface area contributed by atoms with Gasteiger partial charge in [-0.05, 0) is 60.4 Å². The van der Waals surface area contributed by atoms with E-state index in [4.69, 9.17) is 21.1 Å². The molecule has 206 valence electrons. The zero-order valence-corrected chi connectivity index (χ0v) is 22.7. The van der Waals surface area contributed by atoms with E-state index in [2.05, 4.69) is 15.6 Å². The number of rotatable bonds is 4. The molecule has 3 amide bonds. The molecule has 2 fully saturated rings. The van der Waals surface area contributed by atoms with Crippen LogP contribution in [0.5, 0.6) is 11.5 Å². The largest absolute Gasteiger partial charge is 0.454 e. The Morgan fingerprint density at radius 3 is 2.73 bits per heavy atom. The second-order valence-electron chi connectivity index (χ2n) is 11.2. The molecule has 3 N–H and O–H groups in total. The standard InChI is InChI=1S/C31H25ClN4O5/c1-15-8-18(32)11-20-27(15)34-30(39)31(20)26-25(22(35-31)10-17-12-33-21-5-3-2-4-19(17)21)28(37)36(29(26)38)13-16-6-7-23-24(9-16)41-14-40-23/h2-9,11-12,22,25-26,33,35H,10,13-14H2,1H3,(H,34,39)/t22?,25-,26+,31?/m1/s1. The minimum absolute atomic E-state index is 0.0697. The van der Waals surface area contributed by atoms with Gasteiger partial charge in [0, 0.05) is 39.4 Å². The number of aryl methyl sites for hydroxylation is 1. The summed E-state index contributed by atoms with van der Waals surface area (Å²) < 4.78 is 10.9. The summed E-state index contributed by atoms with van der Waals surface area (Å²) in [5.74, 6) is -1.51. The maximum atomic E-state index is 14.3. The average molecular weight is 569 g/mol. The number of carbonyl (C=O) groups is 3. The monoisotopic (exact) mass is 568 g/mol. The van der Waals surface area contributed by atoms with E-state index in [0.29, 0.717) is 34.2 Å². The third-order valence-corrected chi connectivity index (χ3v) is 9.19. The highest BCUT2D eigenvalue weighted by Gasteiger charge is 2.70. The summed E-state index contributed by atoms with van der Waals surface area (Å²) in [6.45, 7) is 2.07. The third-order valence-electron chi connectivity index (χ3n) is 8.97. The van der Waals surface area contributed by atoms with Gasteiger partial charge in [-0.15, -0.1) is 0 Å². The molecule has 2 saturated heterocycles. The van der Waals surface area contributed by atoms with Gasteiger partial charge in [0.25, 0.3) is 0 Å². The molecule has 4 atom stereocenters. The second kappa shape index (κ2) is 8.58. The predicted octanol–water partition coefficient (Wildman–Crippen LogP) is 4.02. The van der Waals surface area contributed by atoms with Crippen LogP contribution < -0.4 is 20.1 Å². The van der Waals surface area contributed by atoms with E-state index >= 15 is 0 Å². The molecule has 3 aromatic carbocycles. The number of aromatic amines is 1. The molecule has 0 saturated carbocycles. The van der Waals surface area contributed by atoms with Crippen LogP contribution in [-0.4, -0.2) is 40.4 Å². The zero-order valence-electron chi connectivity index (χ0n) is 22.0. The second-order valence-corrected chi connectivity index (χ2v) is 11.6. The Morgan fingerprint density at radius 1 is 1.02 bits per heavy atom. The molecule has 1 aromatic heterocycles. The Morgan fingerprint density at radius 2 is 1.85 bits per heavy atom. The minimum Gasteiger partial charge on any atom is -0.454 e. The van der Waals surface area contributed by atoms with Crippen LogP contribution in [0.3, 0.4) is 0 Å². The molecule has 10 heteroatoms. The lowest BCUT2D eigenvalue weighted by Crippen LogP contribution is -2.53. The maximum Gasteiger partial charge on any atom is 0.250 e. The first kappa shape index (κ1) is 24.5. The fourth-order valence-corrected chi connectivity index (χ4v) is 7.46. The Hall–Kier alpha value is -4.34. The lowest BCUT2D eigenvalue weighted by Gasteiger charge is -2.29. The highest BCUT2D eigenvalue weighted by molar-refractivity contribution is 6.31. The topological polar surface area (TPSA) is 113 Å². The number of likely N-dealkylation sites (tertiary alicyclic amines) is 1. The van der Waals surface area contributed by atoms with Gasteiger partial charge in [-0.2, -0.15) is 0 Å². The van der Waals surface area contributed by atoms with Gasteiger partial charge >= 0.3 is 0 Å². The van der Waals surface area contributed by atoms with Crippen molar-refractivity contribution in [3.63, 3.8) is 0 Å². The normalized spacial score (nSPS) is 25.9. The molecule has 1 spiro atoms. The van der Waals surface area contributed by atoms with Gasteiger partial charge in [-0.1, -0.05) is 35.9 Å². The predicted molar refractivity (Wildman–Crippen MR) is 151 cm³/mol. The first-order chi connectivity index (χ1) is 19.8. The molecule has 4 aliphatic rings. The quantitative estimate of drug-likeness (QED) is 0.321. The summed E-state index contributed by atoms with van der Waals surface area (Å²) >= 11 is 6.49. The van der Waals surface area contributed by atoms with E-state index in [0.717, 1.165) is 27.6 Å². The Balaban J connectivity index is 1.23. The van der Waals surface area contributed by atoms with Crippen molar-refractivity contribution in [2.45, 2.75) is 31.5 Å². The van der Waals surface area contributed by atoms with Gasteiger partial charge in [0.2, 0.25) is 24.5 Å². The molecule has 0 bridgehead atoms. The fourth-order valence-electron chi connectivity index (χ4n) is 7.18. The first-order valence-electron chi connectivity index (χ1n) is 13.5. The number of nitrogens with zero attached hydrogens (tertiary/aromatic N) is 1. The Labute approximate surface area is 239 Å². The van der Waals surface area contributed by atoms with Crippen molar-refractivity contribution in [1.29, 1.82) is 0 Å². The molecular weight excluding hydrogens is 544 g/mol. The highest BCUT2D eigenvalue weighted by atomic mass is 35.5. The van der Waals surface area contributed by atoms with Gasteiger partial charge in [0.1, 0.15) is 5.54 Å². The number of amides is 3. The number of anilines is 1. The number of fused-ring (bicyclic) bond motifs is 6. The fraction of sp³-hybridized carbons (Fsp3) is 0.258. The van der Waals surface area contributed by atoms with Gasteiger partial charge in [0.05, 0.1) is 18.4 Å². The number of benzene rings is 3. The summed E-state index contributed by atoms with van der Waals surface area (Å²) in [5, 5.41) is 8.02. The van der Waals surface area contributed by atoms with Crippen molar-refractivity contribution < 1.29 is 23.9 Å². The third kappa shape index (κ3) is 3.36. The molecule has 8 rings (SSSR count). The van der Waals surface area contributed by atoms with Crippen molar-refractivity contribution >= 4 is 45.9 Å². The van der Waals surface area contributed by atoms with Crippen LogP contribution in [0.15, 0.2) is 60.8 Å². The smallest absolute Gasteiger partial charge is 0.250 e. The number of nitrogens with one attached hydrogen (secondary N) is 3. The highest BCUT2D eigenvalue weighted by Crippen LogP contribution is 2.54. The number of halogens is 1. The summed E-state index contributed by atoms with van der Waals surface area (Å²) in [7, 11) is 0. The van der Waals surface area contributed by atoms with Crippen LogP contribution in [-0.2, 0) is 32.9 Å². The Kier molecular flexibility index (Phi) is 5.12. The summed E-state index contributed by atoms with van der Waals surface area (Å²) in [6, 6.07) is 16.4. The number of carbonyl (C=O) groups excluding carboxylic acids is 3. The number of hydrogen-bond acceptors (Lipinski definition) is 6. The Bertz CT molecular complexity index is 1820. The van der Waals surface area contributed by atoms with E-state index in [9.17, 15) is 14.4 Å². The van der Waals surface area contributed by atoms with Gasteiger partial charge in [-0.25, -0.2) is 0 Å². The number of H-pyrrole nitrogens is 1. The van der Waals surface area contributed by atoms with Crippen LogP contribution >= 0.6 is 11.6 Å². The van der Waals surface area contributed by atoms with E-state index in [1.807, 2.05) is 43.5 Å². The van der Waals surface area contributed by atoms with Crippen LogP contribution in [0.2, 0.25) is 5.02 Å². The molecule has 0 radical (unpaired) electrons. The lowest BCUT2D eigenvalue weighted by atomic mass is 9.76. The molecule has 4 aliphatic heterocycles. The number of hydrogen-bond donors (Lipinski definition) is 3. The molecule has 5 heterocycles. The van der Waals surface area contributed by atoms with E-state index in [-0.39, 0.29) is 31.1 Å². The molecule has 9 nitrogen and oxygen atoms in total. The molecule has 4 aromatic rings. The van der Waals surface area contributed by atoms with Crippen LogP contribution in [0.1, 0.15) is 22.3 Å². The van der Waals surface area contributed by atoms with E-state index in [1.54, 1.807) is 24.3 Å². The zero-order chi connectivity index (χ0) is 28.0. The SMILES string of the molecule is Cc1cc(Cl)cc2c1NC(=O)C21NC(Cc2c[nH]c3ccccc23)[C@H]2C(=O)N(Cc3ccc4c(c3)OCO4)C(=O)[C@H]21. The van der Waals surface area contributed by atoms with Crippen molar-refractivity contribution in [3.8, 4) is 11.5 Å². The lowest BCUT2D eigenvalue weighted by molar-refractivity contribution is -0.143. The summed E-state index contributed by atoms with van der Waals surface area (Å²) in [4.78, 5) is 47.0. The molecule has 0 aliphatic carbocycles. The number of para-hydroxylation sites is 1. The van der Waals surface area contributed by atoms with Gasteiger partial charge in [0.15, 0.2) is 11.5 Å². The average Bonchev–Trinajstić information content (AvgIpc) is 3.75. The summed E-state index contributed by atoms with van der Waals surface area (Å²) in [5.41, 5.74) is 3.33. The van der Waals surface area contributed by atoms with Crippen LogP contribution in [0.4, 0.5) is 5.69 Å². The van der Waals surface area contributed by atoms with Gasteiger partial charge in [-0.3, -0.25) is 24.6 Å². The number of aromatic nitrogens is 1. The van der Waals surface area contributed by atoms with Crippen LogP contribution in [0, 0.1) is 18.8 Å². The van der Waals surface area contributed by atoms with Crippen molar-refractivity contribution in [2.24, 2.45) is 11.8 Å². The summed E-state index contributed by atoms with van der Waals surface area (Å²) in [6.07, 6.45) is 2.38. The minimum atomic E-state index is -1.43. The van der Waals surface area contributed by atoms with Gasteiger partial charge < -0.3 is 19.8 Å².